The summed E-state index contributed by atoms with van der Waals surface area (Å²) in [5.74, 6) is 2.55. The van der Waals surface area contributed by atoms with Crippen molar-refractivity contribution in [3.63, 3.8) is 0 Å². The van der Waals surface area contributed by atoms with E-state index in [9.17, 15) is 0 Å². The fourth-order valence-corrected chi connectivity index (χ4v) is 3.31. The maximum atomic E-state index is 6.12. The lowest BCUT2D eigenvalue weighted by atomic mass is 10.1. The third-order valence-electron chi connectivity index (χ3n) is 4.55. The molecular formula is C20H19ClN6O2. The average molecular weight is 411 g/mol. The molecule has 0 amide bonds. The summed E-state index contributed by atoms with van der Waals surface area (Å²) in [6.07, 6.45) is 1.66. The predicted octanol–water partition coefficient (Wildman–Crippen LogP) is 4.03. The number of anilines is 3. The van der Waals surface area contributed by atoms with Crippen LogP contribution < -0.4 is 20.5 Å². The molecule has 8 nitrogen and oxygen atoms in total. The second-order valence-corrected chi connectivity index (χ2v) is 6.76. The summed E-state index contributed by atoms with van der Waals surface area (Å²) in [7, 11) is 5.04. The second kappa shape index (κ2) is 7.48. The van der Waals surface area contributed by atoms with Gasteiger partial charge in [-0.2, -0.15) is 10.1 Å². The van der Waals surface area contributed by atoms with Gasteiger partial charge < -0.3 is 20.5 Å². The number of nitrogens with zero attached hydrogens (tertiary/aromatic N) is 4. The first-order chi connectivity index (χ1) is 14.0. The number of aromatic nitrogens is 4. The van der Waals surface area contributed by atoms with E-state index in [2.05, 4.69) is 20.4 Å². The van der Waals surface area contributed by atoms with E-state index in [-0.39, 0.29) is 5.95 Å². The van der Waals surface area contributed by atoms with Crippen LogP contribution in [0, 0.1) is 0 Å². The van der Waals surface area contributed by atoms with Gasteiger partial charge in [0.1, 0.15) is 5.82 Å². The maximum Gasteiger partial charge on any atom is 0.221 e. The molecule has 2 aromatic heterocycles. The zero-order valence-electron chi connectivity index (χ0n) is 16.1. The summed E-state index contributed by atoms with van der Waals surface area (Å²) in [6, 6.07) is 11.2. The summed E-state index contributed by atoms with van der Waals surface area (Å²) in [4.78, 5) is 8.53. The van der Waals surface area contributed by atoms with Gasteiger partial charge in [0.05, 0.1) is 19.7 Å². The Labute approximate surface area is 172 Å². The lowest BCUT2D eigenvalue weighted by molar-refractivity contribution is 0.355. The number of hydrogen-bond acceptors (Lipinski definition) is 7. The van der Waals surface area contributed by atoms with Crippen molar-refractivity contribution in [3.05, 3.63) is 47.6 Å². The van der Waals surface area contributed by atoms with Crippen molar-refractivity contribution in [2.75, 3.05) is 25.3 Å². The molecule has 0 bridgehead atoms. The van der Waals surface area contributed by atoms with E-state index in [4.69, 9.17) is 26.8 Å². The number of nitrogens with two attached hydrogens (primary N) is 1. The standard InChI is InChI=1S/C20H19ClN6O2/c1-27-15-9-12(21)5-6-13(15)19(26-27)24-18-14(10-23-20(22)25-18)11-4-7-16(28-2)17(8-11)29-3/h4-10H,1-3H3,(H3,22,23,24,25,26). The molecule has 4 rings (SSSR count). The summed E-state index contributed by atoms with van der Waals surface area (Å²) in [6.45, 7) is 0. The average Bonchev–Trinajstić information content (AvgIpc) is 3.02. The van der Waals surface area contributed by atoms with Crippen LogP contribution in [0.5, 0.6) is 11.5 Å². The third kappa shape index (κ3) is 3.50. The fraction of sp³-hybridized carbons (Fsp3) is 0.150. The monoisotopic (exact) mass is 410 g/mol. The molecule has 0 saturated heterocycles. The highest BCUT2D eigenvalue weighted by atomic mass is 35.5. The van der Waals surface area contributed by atoms with Crippen molar-refractivity contribution in [1.82, 2.24) is 19.7 Å². The Hall–Kier alpha value is -3.52. The maximum absolute atomic E-state index is 6.12. The van der Waals surface area contributed by atoms with Crippen molar-refractivity contribution in [2.24, 2.45) is 7.05 Å². The van der Waals surface area contributed by atoms with Crippen LogP contribution in [0.4, 0.5) is 17.6 Å². The Morgan fingerprint density at radius 3 is 2.59 bits per heavy atom. The first-order valence-corrected chi connectivity index (χ1v) is 9.12. The molecule has 0 saturated carbocycles. The summed E-state index contributed by atoms with van der Waals surface area (Å²) >= 11 is 6.12. The molecule has 148 valence electrons. The third-order valence-corrected chi connectivity index (χ3v) is 4.79. The summed E-state index contributed by atoms with van der Waals surface area (Å²) in [5, 5.41) is 9.39. The molecule has 29 heavy (non-hydrogen) atoms. The van der Waals surface area contributed by atoms with Gasteiger partial charge in [-0.15, -0.1) is 0 Å². The number of methoxy groups -OCH3 is 2. The van der Waals surface area contributed by atoms with Crippen LogP contribution >= 0.6 is 11.6 Å². The zero-order chi connectivity index (χ0) is 20.5. The minimum atomic E-state index is 0.153. The Bertz CT molecular complexity index is 1210. The van der Waals surface area contributed by atoms with Crippen LogP contribution in [0.3, 0.4) is 0 Å². The number of rotatable bonds is 5. The second-order valence-electron chi connectivity index (χ2n) is 6.32. The van der Waals surface area contributed by atoms with E-state index in [1.54, 1.807) is 25.1 Å². The minimum absolute atomic E-state index is 0.153. The molecule has 0 radical (unpaired) electrons. The lowest BCUT2D eigenvalue weighted by Gasteiger charge is -2.13. The van der Waals surface area contributed by atoms with Crippen molar-refractivity contribution in [1.29, 1.82) is 0 Å². The number of halogens is 1. The Kier molecular flexibility index (Phi) is 4.85. The van der Waals surface area contributed by atoms with E-state index in [1.165, 1.54) is 0 Å². The number of benzene rings is 2. The topological polar surface area (TPSA) is 100 Å². The molecule has 0 unspecified atom stereocenters. The smallest absolute Gasteiger partial charge is 0.221 e. The molecule has 0 aliphatic rings. The van der Waals surface area contributed by atoms with Crippen LogP contribution in [0.1, 0.15) is 0 Å². The van der Waals surface area contributed by atoms with Gasteiger partial charge >= 0.3 is 0 Å². The van der Waals surface area contributed by atoms with E-state index in [0.717, 1.165) is 22.0 Å². The summed E-state index contributed by atoms with van der Waals surface area (Å²) in [5.41, 5.74) is 8.33. The first kappa shape index (κ1) is 18.8. The van der Waals surface area contributed by atoms with Crippen molar-refractivity contribution in [2.45, 2.75) is 0 Å². The predicted molar refractivity (Wildman–Crippen MR) is 114 cm³/mol. The number of nitrogen functional groups attached to an aromatic ring is 1. The number of ether oxygens (including phenoxy) is 2. The Morgan fingerprint density at radius 2 is 1.83 bits per heavy atom. The Balaban J connectivity index is 1.81. The minimum Gasteiger partial charge on any atom is -0.493 e. The van der Waals surface area contributed by atoms with Gasteiger partial charge in [-0.05, 0) is 35.9 Å². The normalized spacial score (nSPS) is 10.9. The van der Waals surface area contributed by atoms with Gasteiger partial charge in [-0.3, -0.25) is 4.68 Å². The van der Waals surface area contributed by atoms with Crippen LogP contribution in [-0.2, 0) is 7.05 Å². The van der Waals surface area contributed by atoms with E-state index in [0.29, 0.717) is 28.2 Å². The van der Waals surface area contributed by atoms with Crippen molar-refractivity contribution < 1.29 is 9.47 Å². The highest BCUT2D eigenvalue weighted by Crippen LogP contribution is 2.36. The van der Waals surface area contributed by atoms with Gasteiger partial charge in [0.2, 0.25) is 5.95 Å². The number of hydrogen-bond donors (Lipinski definition) is 2. The zero-order valence-corrected chi connectivity index (χ0v) is 16.9. The largest absolute Gasteiger partial charge is 0.493 e. The van der Waals surface area contributed by atoms with Gasteiger partial charge in [-0.25, -0.2) is 4.98 Å². The van der Waals surface area contributed by atoms with Crippen LogP contribution in [0.2, 0.25) is 5.02 Å². The van der Waals surface area contributed by atoms with E-state index < -0.39 is 0 Å². The van der Waals surface area contributed by atoms with E-state index in [1.807, 2.05) is 43.4 Å². The number of fused-ring (bicyclic) bond motifs is 1. The van der Waals surface area contributed by atoms with Gasteiger partial charge in [0, 0.05) is 29.2 Å². The van der Waals surface area contributed by atoms with Crippen LogP contribution in [0.15, 0.2) is 42.6 Å². The molecule has 0 spiro atoms. The molecule has 0 aliphatic heterocycles. The lowest BCUT2D eigenvalue weighted by Crippen LogP contribution is -2.03. The van der Waals surface area contributed by atoms with Crippen molar-refractivity contribution in [3.8, 4) is 22.6 Å². The Morgan fingerprint density at radius 1 is 1.03 bits per heavy atom. The van der Waals surface area contributed by atoms with Crippen LogP contribution in [-0.4, -0.2) is 34.0 Å². The molecule has 9 heteroatoms. The van der Waals surface area contributed by atoms with Gasteiger partial charge in [0.15, 0.2) is 17.3 Å². The van der Waals surface area contributed by atoms with Crippen molar-refractivity contribution >= 4 is 40.1 Å². The van der Waals surface area contributed by atoms with Gasteiger partial charge in [0.25, 0.3) is 0 Å². The highest BCUT2D eigenvalue weighted by molar-refractivity contribution is 6.31. The quantitative estimate of drug-likeness (QED) is 0.512. The number of nitrogens with one attached hydrogen (secondary N) is 1. The molecule has 4 aromatic rings. The molecule has 2 heterocycles. The van der Waals surface area contributed by atoms with Crippen LogP contribution in [0.25, 0.3) is 22.0 Å². The molecule has 0 atom stereocenters. The molecule has 3 N–H and O–H groups in total. The SMILES string of the molecule is COc1ccc(-c2cnc(N)nc2Nc2nn(C)c3cc(Cl)ccc23)cc1OC. The fourth-order valence-electron chi connectivity index (χ4n) is 3.14. The molecule has 0 aliphatic carbocycles. The molecule has 0 fully saturated rings. The number of aryl methyl sites for hydroxylation is 1. The first-order valence-electron chi connectivity index (χ1n) is 8.74. The molecule has 2 aromatic carbocycles. The highest BCUT2D eigenvalue weighted by Gasteiger charge is 2.15. The molecular weight excluding hydrogens is 392 g/mol. The van der Waals surface area contributed by atoms with Gasteiger partial charge in [-0.1, -0.05) is 17.7 Å². The summed E-state index contributed by atoms with van der Waals surface area (Å²) < 4.78 is 12.5. The van der Waals surface area contributed by atoms with E-state index >= 15 is 0 Å².